The van der Waals surface area contributed by atoms with E-state index < -0.39 is 12.0 Å². The molecule has 92 valence electrons. The summed E-state index contributed by atoms with van der Waals surface area (Å²) in [6.07, 6.45) is 6.31. The van der Waals surface area contributed by atoms with Crippen molar-refractivity contribution in [2.45, 2.75) is 44.1 Å². The third kappa shape index (κ3) is 2.86. The van der Waals surface area contributed by atoms with Gasteiger partial charge in [-0.1, -0.05) is 43.5 Å². The van der Waals surface area contributed by atoms with Crippen LogP contribution >= 0.6 is 0 Å². The highest BCUT2D eigenvalue weighted by Crippen LogP contribution is 2.33. The Bertz CT molecular complexity index is 397. The van der Waals surface area contributed by atoms with E-state index in [1.54, 1.807) is 6.07 Å². The van der Waals surface area contributed by atoms with E-state index in [1.807, 2.05) is 12.1 Å². The number of hydrogen-bond acceptors (Lipinski definition) is 2. The molecule has 1 aromatic carbocycles. The quantitative estimate of drug-likeness (QED) is 0.843. The van der Waals surface area contributed by atoms with Crippen LogP contribution in [-0.2, 0) is 4.79 Å². The first-order valence-corrected chi connectivity index (χ1v) is 6.26. The molecule has 2 rings (SSSR count). The molecule has 17 heavy (non-hydrogen) atoms. The van der Waals surface area contributed by atoms with E-state index in [2.05, 4.69) is 6.07 Å². The molecule has 3 N–H and O–H groups in total. The second-order valence-corrected chi connectivity index (χ2v) is 4.82. The molecule has 1 aliphatic rings. The van der Waals surface area contributed by atoms with Crippen LogP contribution < -0.4 is 5.73 Å². The fourth-order valence-corrected chi connectivity index (χ4v) is 2.58. The highest BCUT2D eigenvalue weighted by atomic mass is 16.4. The lowest BCUT2D eigenvalue weighted by atomic mass is 9.83. The van der Waals surface area contributed by atoms with Crippen molar-refractivity contribution in [1.29, 1.82) is 0 Å². The van der Waals surface area contributed by atoms with E-state index in [0.29, 0.717) is 11.5 Å². The van der Waals surface area contributed by atoms with E-state index in [-0.39, 0.29) is 0 Å². The van der Waals surface area contributed by atoms with Crippen LogP contribution in [0.5, 0.6) is 0 Å². The number of aliphatic carboxylic acids is 1. The Labute approximate surface area is 102 Å². The molecule has 0 radical (unpaired) electrons. The van der Waals surface area contributed by atoms with Gasteiger partial charge in [0.15, 0.2) is 0 Å². The van der Waals surface area contributed by atoms with Crippen molar-refractivity contribution in [3.63, 3.8) is 0 Å². The van der Waals surface area contributed by atoms with Gasteiger partial charge in [0.2, 0.25) is 0 Å². The zero-order chi connectivity index (χ0) is 12.3. The normalized spacial score (nSPS) is 18.9. The van der Waals surface area contributed by atoms with Crippen molar-refractivity contribution >= 4 is 5.97 Å². The minimum atomic E-state index is -0.967. The molecule has 0 heterocycles. The molecule has 0 saturated heterocycles. The summed E-state index contributed by atoms with van der Waals surface area (Å²) in [4.78, 5) is 10.9. The van der Waals surface area contributed by atoms with Gasteiger partial charge in [-0.15, -0.1) is 0 Å². The van der Waals surface area contributed by atoms with Crippen molar-refractivity contribution in [3.05, 3.63) is 35.4 Å². The van der Waals surface area contributed by atoms with Crippen LogP contribution in [0, 0.1) is 0 Å². The first-order valence-electron chi connectivity index (χ1n) is 6.26. The predicted molar refractivity (Wildman–Crippen MR) is 66.8 cm³/mol. The molecule has 0 spiro atoms. The number of nitrogens with two attached hydrogens (primary N) is 1. The van der Waals surface area contributed by atoms with Gasteiger partial charge in [0.05, 0.1) is 0 Å². The number of carboxylic acids is 1. The van der Waals surface area contributed by atoms with Gasteiger partial charge in [0.25, 0.3) is 0 Å². The van der Waals surface area contributed by atoms with Gasteiger partial charge in [-0.3, -0.25) is 4.79 Å². The summed E-state index contributed by atoms with van der Waals surface area (Å²) in [6.45, 7) is 0. The van der Waals surface area contributed by atoms with Gasteiger partial charge in [-0.2, -0.15) is 0 Å². The molecule has 0 amide bonds. The monoisotopic (exact) mass is 233 g/mol. The molecule has 1 fully saturated rings. The third-order valence-electron chi connectivity index (χ3n) is 3.61. The summed E-state index contributed by atoms with van der Waals surface area (Å²) in [7, 11) is 0. The fraction of sp³-hybridized carbons (Fsp3) is 0.500. The molecular weight excluding hydrogens is 214 g/mol. The average Bonchev–Trinajstić information content (AvgIpc) is 2.39. The van der Waals surface area contributed by atoms with Gasteiger partial charge in [-0.05, 0) is 29.9 Å². The summed E-state index contributed by atoms with van der Waals surface area (Å²) >= 11 is 0. The van der Waals surface area contributed by atoms with E-state index in [4.69, 9.17) is 10.8 Å². The van der Waals surface area contributed by atoms with E-state index in [1.165, 1.54) is 37.7 Å². The number of carboxylic acid groups (broad SMARTS) is 1. The third-order valence-corrected chi connectivity index (χ3v) is 3.61. The lowest BCUT2D eigenvalue weighted by molar-refractivity contribution is -0.138. The van der Waals surface area contributed by atoms with Gasteiger partial charge in [0.1, 0.15) is 6.04 Å². The molecule has 0 aliphatic heterocycles. The Kier molecular flexibility index (Phi) is 3.79. The zero-order valence-electron chi connectivity index (χ0n) is 9.93. The smallest absolute Gasteiger partial charge is 0.325 e. The Morgan fingerprint density at radius 1 is 1.29 bits per heavy atom. The van der Waals surface area contributed by atoms with Crippen molar-refractivity contribution in [1.82, 2.24) is 0 Å². The lowest BCUT2D eigenvalue weighted by Crippen LogP contribution is -2.20. The van der Waals surface area contributed by atoms with Crippen molar-refractivity contribution in [2.75, 3.05) is 0 Å². The highest BCUT2D eigenvalue weighted by Gasteiger charge is 2.18. The summed E-state index contributed by atoms with van der Waals surface area (Å²) in [5.41, 5.74) is 7.59. The standard InChI is InChI=1S/C14H19NO2/c15-13(14(16)17)12-8-4-7-11(9-12)10-5-2-1-3-6-10/h4,7-10,13H,1-3,5-6,15H2,(H,16,17). The molecular formula is C14H19NO2. The van der Waals surface area contributed by atoms with Gasteiger partial charge in [-0.25, -0.2) is 0 Å². The fourth-order valence-electron chi connectivity index (χ4n) is 2.58. The largest absolute Gasteiger partial charge is 0.480 e. The summed E-state index contributed by atoms with van der Waals surface area (Å²) in [6, 6.07) is 6.87. The Balaban J connectivity index is 2.18. The van der Waals surface area contributed by atoms with Crippen LogP contribution in [-0.4, -0.2) is 11.1 Å². The van der Waals surface area contributed by atoms with Gasteiger partial charge in [0, 0.05) is 0 Å². The first kappa shape index (κ1) is 12.1. The van der Waals surface area contributed by atoms with Crippen LogP contribution in [0.25, 0.3) is 0 Å². The highest BCUT2D eigenvalue weighted by molar-refractivity contribution is 5.75. The number of benzene rings is 1. The molecule has 3 heteroatoms. The first-order chi connectivity index (χ1) is 8.18. The predicted octanol–water partition coefficient (Wildman–Crippen LogP) is 2.82. The lowest BCUT2D eigenvalue weighted by Gasteiger charge is -2.22. The average molecular weight is 233 g/mol. The van der Waals surface area contributed by atoms with Gasteiger partial charge >= 0.3 is 5.97 Å². The molecule has 0 bridgehead atoms. The molecule has 1 unspecified atom stereocenters. The second kappa shape index (κ2) is 5.32. The summed E-state index contributed by atoms with van der Waals surface area (Å²) in [5, 5.41) is 8.91. The van der Waals surface area contributed by atoms with E-state index in [9.17, 15) is 4.79 Å². The van der Waals surface area contributed by atoms with E-state index >= 15 is 0 Å². The topological polar surface area (TPSA) is 63.3 Å². The molecule has 1 aromatic rings. The SMILES string of the molecule is NC(C(=O)O)c1cccc(C2CCCCC2)c1. The molecule has 1 atom stereocenters. The Morgan fingerprint density at radius 2 is 2.00 bits per heavy atom. The Morgan fingerprint density at radius 3 is 2.65 bits per heavy atom. The molecule has 3 nitrogen and oxygen atoms in total. The zero-order valence-corrected chi connectivity index (χ0v) is 9.93. The van der Waals surface area contributed by atoms with Crippen LogP contribution in [0.3, 0.4) is 0 Å². The second-order valence-electron chi connectivity index (χ2n) is 4.82. The van der Waals surface area contributed by atoms with Crippen molar-refractivity contribution < 1.29 is 9.90 Å². The maximum Gasteiger partial charge on any atom is 0.325 e. The van der Waals surface area contributed by atoms with Gasteiger partial charge < -0.3 is 10.8 Å². The van der Waals surface area contributed by atoms with Crippen LogP contribution in [0.15, 0.2) is 24.3 Å². The summed E-state index contributed by atoms with van der Waals surface area (Å²) < 4.78 is 0. The number of carbonyl (C=O) groups is 1. The Hall–Kier alpha value is -1.35. The maximum atomic E-state index is 10.9. The molecule has 0 aromatic heterocycles. The number of hydrogen-bond donors (Lipinski definition) is 2. The van der Waals surface area contributed by atoms with Crippen molar-refractivity contribution in [2.24, 2.45) is 5.73 Å². The number of rotatable bonds is 3. The van der Waals surface area contributed by atoms with Crippen LogP contribution in [0.1, 0.15) is 55.2 Å². The minimum Gasteiger partial charge on any atom is -0.480 e. The van der Waals surface area contributed by atoms with E-state index in [0.717, 1.165) is 0 Å². The van der Waals surface area contributed by atoms with Crippen molar-refractivity contribution in [3.8, 4) is 0 Å². The molecule has 1 aliphatic carbocycles. The summed E-state index contributed by atoms with van der Waals surface area (Å²) in [5.74, 6) is -0.379. The van der Waals surface area contributed by atoms with Crippen LogP contribution in [0.4, 0.5) is 0 Å². The molecule has 1 saturated carbocycles. The van der Waals surface area contributed by atoms with Crippen LogP contribution in [0.2, 0.25) is 0 Å². The minimum absolute atomic E-state index is 0.588. The maximum absolute atomic E-state index is 10.9.